The fourth-order valence-corrected chi connectivity index (χ4v) is 2.38. The summed E-state index contributed by atoms with van der Waals surface area (Å²) in [5.74, 6) is 0. The number of aromatic nitrogens is 1. The van der Waals surface area contributed by atoms with Crippen molar-refractivity contribution < 1.29 is 0 Å². The van der Waals surface area contributed by atoms with E-state index in [2.05, 4.69) is 16.0 Å². The first kappa shape index (κ1) is 11.3. The van der Waals surface area contributed by atoms with Crippen molar-refractivity contribution in [3.05, 3.63) is 28.8 Å². The van der Waals surface area contributed by atoms with Gasteiger partial charge < -0.3 is 0 Å². The summed E-state index contributed by atoms with van der Waals surface area (Å²) < 4.78 is 1.10. The third-order valence-corrected chi connectivity index (χ3v) is 3.18. The van der Waals surface area contributed by atoms with Gasteiger partial charge in [-0.3, -0.25) is 4.99 Å². The van der Waals surface area contributed by atoms with Crippen LogP contribution < -0.4 is 0 Å². The summed E-state index contributed by atoms with van der Waals surface area (Å²) in [6.07, 6.45) is 0. The Balaban J connectivity index is 2.30. The van der Waals surface area contributed by atoms with Gasteiger partial charge in [0.05, 0.1) is 16.8 Å². The van der Waals surface area contributed by atoms with Gasteiger partial charge in [0.2, 0.25) is 5.71 Å². The predicted octanol–water partition coefficient (Wildman–Crippen LogP) is 2.59. The van der Waals surface area contributed by atoms with Crippen LogP contribution in [0.25, 0.3) is 10.2 Å². The Bertz CT molecular complexity index is 654. The van der Waals surface area contributed by atoms with Gasteiger partial charge in [0.1, 0.15) is 17.1 Å². The molecule has 0 saturated carbocycles. The van der Waals surface area contributed by atoms with Gasteiger partial charge in [-0.1, -0.05) is 6.07 Å². The molecule has 5 heteroatoms. The Morgan fingerprint density at radius 2 is 2.18 bits per heavy atom. The number of aliphatic imine (C=N–C) groups is 1. The Labute approximate surface area is 102 Å². The van der Waals surface area contributed by atoms with Crippen LogP contribution in [0.2, 0.25) is 0 Å². The van der Waals surface area contributed by atoms with E-state index in [1.165, 1.54) is 16.9 Å². The van der Waals surface area contributed by atoms with Crippen molar-refractivity contribution in [3.8, 4) is 12.1 Å². The first-order valence-electron chi connectivity index (χ1n) is 4.93. The fourth-order valence-electron chi connectivity index (χ4n) is 1.39. The normalized spacial score (nSPS) is 9.59. The molecule has 2 aromatic rings. The molecule has 1 heterocycles. The molecule has 0 bridgehead atoms. The zero-order valence-corrected chi connectivity index (χ0v) is 9.95. The second kappa shape index (κ2) is 4.73. The van der Waals surface area contributed by atoms with Crippen molar-refractivity contribution in [2.45, 2.75) is 13.5 Å². The molecule has 1 aromatic heterocycles. The summed E-state index contributed by atoms with van der Waals surface area (Å²) in [5.41, 5.74) is 2.01. The van der Waals surface area contributed by atoms with E-state index in [9.17, 15) is 0 Å². The van der Waals surface area contributed by atoms with Crippen LogP contribution in [0, 0.1) is 29.6 Å². The highest BCUT2D eigenvalue weighted by atomic mass is 32.1. The summed E-state index contributed by atoms with van der Waals surface area (Å²) in [7, 11) is 0. The monoisotopic (exact) mass is 240 g/mol. The number of hydrogen-bond donors (Lipinski definition) is 0. The standard InChI is InChI=1S/C12H8N4S/c1-8-2-3-10-11(4-8)17-12(16-10)7-15-9(5-13)6-14/h2-4H,7H2,1H3. The number of benzene rings is 1. The molecule has 0 unspecified atom stereocenters. The predicted molar refractivity (Wildman–Crippen MR) is 66.7 cm³/mol. The van der Waals surface area contributed by atoms with Crippen LogP contribution in [-0.2, 0) is 6.54 Å². The quantitative estimate of drug-likeness (QED) is 0.757. The van der Waals surface area contributed by atoms with E-state index in [1.807, 2.05) is 19.1 Å². The maximum Gasteiger partial charge on any atom is 0.213 e. The molecule has 0 aliphatic heterocycles. The summed E-state index contributed by atoms with van der Waals surface area (Å²) in [6.45, 7) is 2.31. The second-order valence-electron chi connectivity index (χ2n) is 3.47. The number of rotatable bonds is 2. The smallest absolute Gasteiger partial charge is 0.213 e. The molecule has 0 spiro atoms. The molecule has 82 valence electrons. The molecule has 17 heavy (non-hydrogen) atoms. The Kier molecular flexibility index (Phi) is 3.13. The highest BCUT2D eigenvalue weighted by Crippen LogP contribution is 2.23. The van der Waals surface area contributed by atoms with Gasteiger partial charge in [0, 0.05) is 0 Å². The minimum absolute atomic E-state index is 0.111. The lowest BCUT2D eigenvalue weighted by atomic mass is 10.2. The number of fused-ring (bicyclic) bond motifs is 1. The van der Waals surface area contributed by atoms with Gasteiger partial charge in [-0.25, -0.2) is 4.98 Å². The summed E-state index contributed by atoms with van der Waals surface area (Å²) >= 11 is 1.54. The Hall–Kier alpha value is -2.24. The van der Waals surface area contributed by atoms with E-state index in [1.54, 1.807) is 12.1 Å². The SMILES string of the molecule is Cc1ccc2nc(CN=C(C#N)C#N)sc2c1. The molecule has 0 saturated heterocycles. The van der Waals surface area contributed by atoms with Crippen molar-refractivity contribution in [2.24, 2.45) is 4.99 Å². The van der Waals surface area contributed by atoms with Crippen molar-refractivity contribution in [3.63, 3.8) is 0 Å². The van der Waals surface area contributed by atoms with Crippen molar-refractivity contribution in [1.29, 1.82) is 10.5 Å². The van der Waals surface area contributed by atoms with E-state index in [0.29, 0.717) is 0 Å². The van der Waals surface area contributed by atoms with E-state index in [4.69, 9.17) is 10.5 Å². The van der Waals surface area contributed by atoms with Crippen molar-refractivity contribution in [1.82, 2.24) is 4.98 Å². The maximum absolute atomic E-state index is 8.56. The van der Waals surface area contributed by atoms with Crippen LogP contribution in [0.4, 0.5) is 0 Å². The van der Waals surface area contributed by atoms with Crippen LogP contribution in [-0.4, -0.2) is 10.7 Å². The lowest BCUT2D eigenvalue weighted by molar-refractivity contribution is 1.05. The van der Waals surface area contributed by atoms with E-state index >= 15 is 0 Å². The fraction of sp³-hybridized carbons (Fsp3) is 0.167. The van der Waals surface area contributed by atoms with Gasteiger partial charge in [-0.15, -0.1) is 11.3 Å². The average molecular weight is 240 g/mol. The zero-order chi connectivity index (χ0) is 12.3. The molecule has 0 radical (unpaired) electrons. The largest absolute Gasteiger partial charge is 0.257 e. The Morgan fingerprint density at radius 3 is 2.88 bits per heavy atom. The lowest BCUT2D eigenvalue weighted by Gasteiger charge is -1.88. The first-order valence-corrected chi connectivity index (χ1v) is 5.75. The lowest BCUT2D eigenvalue weighted by Crippen LogP contribution is -1.89. The van der Waals surface area contributed by atoms with Gasteiger partial charge in [0.25, 0.3) is 0 Å². The first-order chi connectivity index (χ1) is 8.22. The highest BCUT2D eigenvalue weighted by molar-refractivity contribution is 7.18. The van der Waals surface area contributed by atoms with Crippen LogP contribution in [0.5, 0.6) is 0 Å². The van der Waals surface area contributed by atoms with Gasteiger partial charge >= 0.3 is 0 Å². The summed E-state index contributed by atoms with van der Waals surface area (Å²) in [6, 6.07) is 9.49. The number of thiazole rings is 1. The van der Waals surface area contributed by atoms with E-state index in [0.717, 1.165) is 15.2 Å². The summed E-state index contributed by atoms with van der Waals surface area (Å²) in [4.78, 5) is 8.28. The van der Waals surface area contributed by atoms with Gasteiger partial charge in [-0.05, 0) is 24.6 Å². The number of aryl methyl sites for hydroxylation is 1. The average Bonchev–Trinajstić information content (AvgIpc) is 2.72. The maximum atomic E-state index is 8.56. The molecule has 0 atom stereocenters. The zero-order valence-electron chi connectivity index (χ0n) is 9.14. The third-order valence-electron chi connectivity index (χ3n) is 2.17. The minimum Gasteiger partial charge on any atom is -0.257 e. The minimum atomic E-state index is -0.111. The van der Waals surface area contributed by atoms with E-state index in [-0.39, 0.29) is 12.3 Å². The van der Waals surface area contributed by atoms with Crippen molar-refractivity contribution >= 4 is 27.3 Å². The molecule has 0 N–H and O–H groups in total. The molecular weight excluding hydrogens is 232 g/mol. The topological polar surface area (TPSA) is 72.8 Å². The van der Waals surface area contributed by atoms with Gasteiger partial charge in [0.15, 0.2) is 0 Å². The van der Waals surface area contributed by atoms with Gasteiger partial charge in [-0.2, -0.15) is 10.5 Å². The second-order valence-corrected chi connectivity index (χ2v) is 4.58. The van der Waals surface area contributed by atoms with Crippen molar-refractivity contribution in [2.75, 3.05) is 0 Å². The van der Waals surface area contributed by atoms with Crippen LogP contribution in [0.3, 0.4) is 0 Å². The Morgan fingerprint density at radius 1 is 1.41 bits per heavy atom. The summed E-state index contributed by atoms with van der Waals surface area (Å²) in [5, 5.41) is 17.9. The molecule has 2 rings (SSSR count). The number of nitrogens with zero attached hydrogens (tertiary/aromatic N) is 4. The molecule has 0 aliphatic rings. The van der Waals surface area contributed by atoms with E-state index < -0.39 is 0 Å². The van der Waals surface area contributed by atoms with Crippen LogP contribution in [0.1, 0.15) is 10.6 Å². The van der Waals surface area contributed by atoms with Crippen LogP contribution >= 0.6 is 11.3 Å². The molecule has 0 fully saturated rings. The number of hydrogen-bond acceptors (Lipinski definition) is 5. The van der Waals surface area contributed by atoms with Crippen LogP contribution in [0.15, 0.2) is 23.2 Å². The molecule has 0 aliphatic carbocycles. The number of nitriles is 2. The third kappa shape index (κ3) is 2.47. The molecule has 1 aromatic carbocycles. The molecular formula is C12H8N4S. The molecule has 0 amide bonds. The highest BCUT2D eigenvalue weighted by Gasteiger charge is 2.03. The molecule has 4 nitrogen and oxygen atoms in total.